The maximum absolute atomic E-state index is 10.7. The van der Waals surface area contributed by atoms with Crippen LogP contribution >= 0.6 is 23.5 Å². The van der Waals surface area contributed by atoms with Gasteiger partial charge in [-0.3, -0.25) is 0 Å². The summed E-state index contributed by atoms with van der Waals surface area (Å²) in [6.45, 7) is 12.3. The summed E-state index contributed by atoms with van der Waals surface area (Å²) in [5.41, 5.74) is -11.3. The van der Waals surface area contributed by atoms with E-state index >= 15 is 0 Å². The van der Waals surface area contributed by atoms with E-state index in [1.807, 2.05) is 23.5 Å². The molecule has 252 valence electrons. The van der Waals surface area contributed by atoms with Crippen molar-refractivity contribution in [2.75, 3.05) is 104 Å². The molecular weight excluding hydrogens is 693 g/mol. The molecule has 0 amide bonds. The van der Waals surface area contributed by atoms with Crippen LogP contribution in [0, 0.1) is 0 Å². The molecule has 10 nitrogen and oxygen atoms in total. The molecule has 1 rings (SSSR count). The number of likely N-dealkylation sites (N-methyl/N-ethyl adjacent to an activating group) is 2. The van der Waals surface area contributed by atoms with E-state index in [1.54, 1.807) is 0 Å². The van der Waals surface area contributed by atoms with Crippen LogP contribution in [-0.2, 0) is 36.7 Å². The van der Waals surface area contributed by atoms with Gasteiger partial charge in [-0.2, -0.15) is 49.9 Å². The first-order valence-electron chi connectivity index (χ1n) is 12.0. The van der Waals surface area contributed by atoms with Gasteiger partial charge in [-0.05, 0) is 65.6 Å². The van der Waals surface area contributed by atoms with Gasteiger partial charge in [-0.15, -0.1) is 0 Å². The van der Waals surface area contributed by atoms with E-state index in [1.165, 1.54) is 89.8 Å². The van der Waals surface area contributed by atoms with Gasteiger partial charge in [-0.25, -0.2) is 16.8 Å². The van der Waals surface area contributed by atoms with E-state index < -0.39 is 31.3 Å². The summed E-state index contributed by atoms with van der Waals surface area (Å²) in [5.74, 6) is 2.51. The number of halogens is 6. The Balaban J connectivity index is -0.000000698. The molecule has 0 spiro atoms. The second-order valence-corrected chi connectivity index (χ2v) is 13.5. The predicted molar refractivity (Wildman–Crippen MR) is 145 cm³/mol. The van der Waals surface area contributed by atoms with Crippen LogP contribution in [-0.4, -0.2) is 160 Å². The van der Waals surface area contributed by atoms with Crippen LogP contribution in [0.4, 0.5) is 26.3 Å². The number of hydrogen-bond acceptors (Lipinski definition) is 12. The maximum Gasteiger partial charge on any atom is 2.00 e. The van der Waals surface area contributed by atoms with Gasteiger partial charge in [0.25, 0.3) is 0 Å². The second-order valence-electron chi connectivity index (χ2n) is 8.78. The van der Waals surface area contributed by atoms with Gasteiger partial charge in [-0.1, -0.05) is 0 Å². The summed E-state index contributed by atoms with van der Waals surface area (Å²) in [6, 6.07) is 0. The molecule has 1 aliphatic rings. The van der Waals surface area contributed by atoms with Crippen molar-refractivity contribution in [2.24, 2.45) is 0 Å². The van der Waals surface area contributed by atoms with Crippen molar-refractivity contribution in [3.63, 3.8) is 0 Å². The third-order valence-electron chi connectivity index (χ3n) is 5.41. The zero-order valence-electron chi connectivity index (χ0n) is 23.4. The predicted octanol–water partition coefficient (Wildman–Crippen LogP) is 2.07. The topological polar surface area (TPSA) is 127 Å². The summed E-state index contributed by atoms with van der Waals surface area (Å²) >= 11 is 3.93. The molecule has 0 bridgehead atoms. The van der Waals surface area contributed by atoms with Crippen molar-refractivity contribution in [3.8, 4) is 0 Å². The van der Waals surface area contributed by atoms with Crippen molar-refractivity contribution < 1.29 is 68.8 Å². The fourth-order valence-electron chi connectivity index (χ4n) is 3.09. The van der Waals surface area contributed by atoms with E-state index in [9.17, 15) is 26.3 Å². The molecule has 0 atom stereocenters. The van der Waals surface area contributed by atoms with Crippen molar-refractivity contribution in [3.05, 3.63) is 0 Å². The Morgan fingerprint density at radius 3 is 1.10 bits per heavy atom. The van der Waals surface area contributed by atoms with E-state index in [-0.39, 0.29) is 16.5 Å². The smallest absolute Gasteiger partial charge is 0.741 e. The molecule has 0 aromatic heterocycles. The summed E-state index contributed by atoms with van der Waals surface area (Å²) in [6.07, 6.45) is 7.01. The Morgan fingerprint density at radius 2 is 0.878 bits per heavy atom. The minimum absolute atomic E-state index is 0. The average Bonchev–Trinajstić information content (AvgIpc) is 2.79. The normalized spacial score (nSPS) is 18.6. The SMILES string of the molecule is CSCCN1CCCN(C)CCN(CCSC)CCCN(C)CC1.O=S(=O)([O-])C(F)(F)F.O=S(=O)([O-])C(F)(F)F.[Ni+2]. The van der Waals surface area contributed by atoms with E-state index in [4.69, 9.17) is 25.9 Å². The quantitative estimate of drug-likeness (QED) is 0.172. The molecule has 0 aliphatic carbocycles. The number of nitrogens with zero attached hydrogens (tertiary/aromatic N) is 4. The maximum atomic E-state index is 10.7. The van der Waals surface area contributed by atoms with Crippen LogP contribution in [0.25, 0.3) is 0 Å². The van der Waals surface area contributed by atoms with Gasteiger partial charge >= 0.3 is 27.5 Å². The number of alkyl halides is 6. The van der Waals surface area contributed by atoms with Gasteiger partial charge in [0, 0.05) is 50.8 Å². The second kappa shape index (κ2) is 22.9. The van der Waals surface area contributed by atoms with Crippen LogP contribution in [0.15, 0.2) is 0 Å². The van der Waals surface area contributed by atoms with Gasteiger partial charge in [0.05, 0.1) is 0 Å². The van der Waals surface area contributed by atoms with Gasteiger partial charge in [0.15, 0.2) is 20.2 Å². The van der Waals surface area contributed by atoms with Crippen LogP contribution < -0.4 is 0 Å². The van der Waals surface area contributed by atoms with Crippen molar-refractivity contribution in [2.45, 2.75) is 23.9 Å². The van der Waals surface area contributed by atoms with E-state index in [2.05, 4.69) is 46.2 Å². The summed E-state index contributed by atoms with van der Waals surface area (Å²) in [5, 5.41) is 0. The zero-order valence-corrected chi connectivity index (χ0v) is 27.6. The van der Waals surface area contributed by atoms with Crippen LogP contribution in [0.5, 0.6) is 0 Å². The molecule has 0 aromatic rings. The fourth-order valence-corrected chi connectivity index (χ4v) is 3.97. The first kappa shape index (κ1) is 45.9. The third-order valence-corrected chi connectivity index (χ3v) is 7.73. The van der Waals surface area contributed by atoms with Crippen LogP contribution in [0.1, 0.15) is 12.8 Å². The number of hydrogen-bond donors (Lipinski definition) is 0. The molecule has 0 aromatic carbocycles. The van der Waals surface area contributed by atoms with Crippen molar-refractivity contribution in [1.82, 2.24) is 19.6 Å². The summed E-state index contributed by atoms with van der Waals surface area (Å²) < 4.78 is 118. The fraction of sp³-hybridized carbons (Fsp3) is 1.00. The molecule has 21 heteroatoms. The monoisotopic (exact) mass is 732 g/mol. The molecule has 0 unspecified atom stereocenters. The minimum atomic E-state index is -6.09. The Morgan fingerprint density at radius 1 is 0.610 bits per heavy atom. The van der Waals surface area contributed by atoms with Crippen LogP contribution in [0.3, 0.4) is 0 Å². The van der Waals surface area contributed by atoms with Gasteiger partial charge < -0.3 is 28.7 Å². The molecule has 1 fully saturated rings. The molecule has 0 saturated carbocycles. The standard InChI is InChI=1S/C18H40N4S2.2CHF3O3S.Ni/c1-19-7-5-9-22(16-18-24-4)14-12-20(2)8-6-10-21(13-11-19)15-17-23-3;2*2-1(3,4)8(5,6)7;/h5-18H2,1-4H3;2*(H,5,6,7);/q;;;+2/p-2. The largest absolute Gasteiger partial charge is 2.00 e. The van der Waals surface area contributed by atoms with E-state index in [0.29, 0.717) is 0 Å². The number of rotatable bonds is 6. The summed E-state index contributed by atoms with van der Waals surface area (Å²) in [4.78, 5) is 10.4. The Kier molecular flexibility index (Phi) is 25.6. The molecule has 0 N–H and O–H groups in total. The minimum Gasteiger partial charge on any atom is -0.741 e. The first-order chi connectivity index (χ1) is 18.2. The summed E-state index contributed by atoms with van der Waals surface area (Å²) in [7, 11) is -7.60. The van der Waals surface area contributed by atoms with Crippen LogP contribution in [0.2, 0.25) is 0 Å². The Bertz CT molecular complexity index is 803. The molecule has 41 heavy (non-hydrogen) atoms. The van der Waals surface area contributed by atoms with E-state index in [0.717, 1.165) is 0 Å². The molecule has 1 heterocycles. The van der Waals surface area contributed by atoms with Gasteiger partial charge in [0.1, 0.15) is 0 Å². The molecule has 1 aliphatic heterocycles. The molecule has 1 saturated heterocycles. The number of thioether (sulfide) groups is 2. The molecular formula is C20H40F6N4NiO6S4. The van der Waals surface area contributed by atoms with Gasteiger partial charge in [0.2, 0.25) is 0 Å². The average molecular weight is 734 g/mol. The Hall–Kier alpha value is 0.434. The first-order valence-corrected chi connectivity index (χ1v) is 17.6. The van der Waals surface area contributed by atoms with Crippen molar-refractivity contribution >= 4 is 43.8 Å². The van der Waals surface area contributed by atoms with Crippen molar-refractivity contribution in [1.29, 1.82) is 0 Å². The third kappa shape index (κ3) is 25.5. The Labute approximate surface area is 258 Å². The molecule has 0 radical (unpaired) electrons. The zero-order chi connectivity index (χ0) is 31.6.